The predicted molar refractivity (Wildman–Crippen MR) is 134 cm³/mol. The molecule has 10 heteroatoms. The normalized spacial score (nSPS) is 17.8. The molecular weight excluding hydrogens is 475 g/mol. The lowest BCUT2D eigenvalue weighted by Crippen LogP contribution is -2.48. The summed E-state index contributed by atoms with van der Waals surface area (Å²) >= 11 is 13.2. The van der Waals surface area contributed by atoms with E-state index in [-0.39, 0.29) is 35.9 Å². The summed E-state index contributed by atoms with van der Waals surface area (Å²) in [6, 6.07) is 3.47. The maximum absolute atomic E-state index is 12.8. The van der Waals surface area contributed by atoms with Crippen molar-refractivity contribution in [1.29, 1.82) is 0 Å². The lowest BCUT2D eigenvalue weighted by atomic mass is 10.0. The molecule has 2 N–H and O–H groups in total. The van der Waals surface area contributed by atoms with E-state index in [1.165, 1.54) is 0 Å². The van der Waals surface area contributed by atoms with Crippen LogP contribution in [0.25, 0.3) is 11.1 Å². The van der Waals surface area contributed by atoms with Gasteiger partial charge < -0.3 is 15.1 Å². The number of benzene rings is 1. The van der Waals surface area contributed by atoms with Gasteiger partial charge >= 0.3 is 6.03 Å². The molecule has 2 fully saturated rings. The van der Waals surface area contributed by atoms with Crippen LogP contribution in [0.5, 0.6) is 0 Å². The van der Waals surface area contributed by atoms with E-state index in [0.717, 1.165) is 44.3 Å². The second kappa shape index (κ2) is 10.5. The third-order valence-corrected chi connectivity index (χ3v) is 7.52. The van der Waals surface area contributed by atoms with E-state index in [2.05, 4.69) is 32.5 Å². The molecule has 1 unspecified atom stereocenters. The molecule has 34 heavy (non-hydrogen) atoms. The molecule has 0 radical (unpaired) electrons. The van der Waals surface area contributed by atoms with Crippen molar-refractivity contribution in [3.05, 3.63) is 40.1 Å². The van der Waals surface area contributed by atoms with E-state index >= 15 is 0 Å². The zero-order valence-corrected chi connectivity index (χ0v) is 21.2. The number of anilines is 1. The third kappa shape index (κ3) is 5.62. The largest absolute Gasteiger partial charge is 0.331 e. The van der Waals surface area contributed by atoms with Crippen LogP contribution in [0, 0.1) is 5.92 Å². The van der Waals surface area contributed by atoms with Crippen LogP contribution in [0.1, 0.15) is 44.2 Å². The first-order valence-electron chi connectivity index (χ1n) is 11.6. The monoisotopic (exact) mass is 504 g/mol. The zero-order chi connectivity index (χ0) is 24.4. The summed E-state index contributed by atoms with van der Waals surface area (Å²) in [5.41, 5.74) is 2.09. The number of nitrogens with zero attached hydrogens (tertiary/aromatic N) is 4. The van der Waals surface area contributed by atoms with Gasteiger partial charge in [-0.2, -0.15) is 0 Å². The van der Waals surface area contributed by atoms with E-state index in [1.54, 1.807) is 17.3 Å². The van der Waals surface area contributed by atoms with Crippen LogP contribution < -0.4 is 10.6 Å². The quantitative estimate of drug-likeness (QED) is 0.599. The van der Waals surface area contributed by atoms with Crippen LogP contribution in [-0.4, -0.2) is 64.9 Å². The number of urea groups is 1. The molecule has 2 heterocycles. The topological polar surface area (TPSA) is 90.5 Å². The fourth-order valence-electron chi connectivity index (χ4n) is 4.12. The van der Waals surface area contributed by atoms with Gasteiger partial charge in [0.2, 0.25) is 11.9 Å². The standard InChI is InChI=1S/C24H30Cl2N6O2/c1-14(29-24(34)32(3)17-8-10-31(2)11-9-17)18-6-7-19(21(26)20(18)25)16-12-27-23(28-13-16)30-22(33)15-4-5-15/h6-7,12-15,17H,4-5,8-11H2,1-3H3,(H,29,34)(H,27,28,30,33). The van der Waals surface area contributed by atoms with Crippen molar-refractivity contribution in [2.45, 2.75) is 44.7 Å². The number of likely N-dealkylation sites (tertiary alicyclic amines) is 1. The van der Waals surface area contributed by atoms with E-state index in [0.29, 0.717) is 21.2 Å². The minimum absolute atomic E-state index is 0.0457. The molecule has 1 aliphatic heterocycles. The van der Waals surface area contributed by atoms with Gasteiger partial charge in [-0.05, 0) is 58.3 Å². The van der Waals surface area contributed by atoms with Gasteiger partial charge in [-0.1, -0.05) is 35.3 Å². The molecule has 0 spiro atoms. The smallest absolute Gasteiger partial charge is 0.317 e. The van der Waals surface area contributed by atoms with E-state index in [1.807, 2.05) is 26.1 Å². The van der Waals surface area contributed by atoms with Crippen molar-refractivity contribution in [3.63, 3.8) is 0 Å². The second-order valence-electron chi connectivity index (χ2n) is 9.21. The Morgan fingerprint density at radius 2 is 1.74 bits per heavy atom. The Morgan fingerprint density at radius 3 is 2.35 bits per heavy atom. The highest BCUT2D eigenvalue weighted by Gasteiger charge is 2.30. The van der Waals surface area contributed by atoms with E-state index in [9.17, 15) is 9.59 Å². The first-order valence-corrected chi connectivity index (χ1v) is 12.3. The predicted octanol–water partition coefficient (Wildman–Crippen LogP) is 4.60. The number of amides is 3. The molecule has 1 aromatic heterocycles. The van der Waals surface area contributed by atoms with Crippen LogP contribution in [0.15, 0.2) is 24.5 Å². The summed E-state index contributed by atoms with van der Waals surface area (Å²) < 4.78 is 0. The molecule has 1 aliphatic carbocycles. The first-order chi connectivity index (χ1) is 16.2. The van der Waals surface area contributed by atoms with Crippen molar-refractivity contribution in [1.82, 2.24) is 25.1 Å². The van der Waals surface area contributed by atoms with Crippen LogP contribution in [0.4, 0.5) is 10.7 Å². The highest BCUT2D eigenvalue weighted by Crippen LogP contribution is 2.38. The third-order valence-electron chi connectivity index (χ3n) is 6.62. The number of nitrogens with one attached hydrogen (secondary N) is 2. The van der Waals surface area contributed by atoms with Gasteiger partial charge in [0.05, 0.1) is 16.1 Å². The molecular formula is C24H30Cl2N6O2. The number of halogens is 2. The highest BCUT2D eigenvalue weighted by molar-refractivity contribution is 6.44. The van der Waals surface area contributed by atoms with Gasteiger partial charge in [-0.25, -0.2) is 14.8 Å². The van der Waals surface area contributed by atoms with Crippen LogP contribution >= 0.6 is 23.2 Å². The minimum Gasteiger partial charge on any atom is -0.331 e. The Hall–Kier alpha value is -2.42. The molecule has 2 aromatic rings. The number of hydrogen-bond acceptors (Lipinski definition) is 5. The van der Waals surface area contributed by atoms with Crippen molar-refractivity contribution in [3.8, 4) is 11.1 Å². The Kier molecular flexibility index (Phi) is 7.60. The Morgan fingerprint density at radius 1 is 1.09 bits per heavy atom. The van der Waals surface area contributed by atoms with Crippen LogP contribution in [0.3, 0.4) is 0 Å². The van der Waals surface area contributed by atoms with Gasteiger partial charge in [-0.3, -0.25) is 10.1 Å². The minimum atomic E-state index is -0.323. The fraction of sp³-hybridized carbons (Fsp3) is 0.500. The summed E-state index contributed by atoms with van der Waals surface area (Å²) in [4.78, 5) is 37.2. The van der Waals surface area contributed by atoms with Crippen molar-refractivity contribution in [2.75, 3.05) is 32.5 Å². The van der Waals surface area contributed by atoms with Crippen molar-refractivity contribution in [2.24, 2.45) is 5.92 Å². The van der Waals surface area contributed by atoms with Gasteiger partial charge in [0.15, 0.2) is 0 Å². The molecule has 2 aliphatic rings. The second-order valence-corrected chi connectivity index (χ2v) is 9.96. The summed E-state index contributed by atoms with van der Waals surface area (Å²) in [5.74, 6) is 0.302. The van der Waals surface area contributed by atoms with Crippen LogP contribution in [-0.2, 0) is 4.79 Å². The Labute approximate surface area is 210 Å². The fourth-order valence-corrected chi connectivity index (χ4v) is 4.73. The number of rotatable bonds is 6. The van der Waals surface area contributed by atoms with Crippen molar-refractivity contribution >= 4 is 41.1 Å². The molecule has 1 aromatic carbocycles. The lowest BCUT2D eigenvalue weighted by Gasteiger charge is -2.35. The summed E-state index contributed by atoms with van der Waals surface area (Å²) in [6.45, 7) is 3.86. The summed E-state index contributed by atoms with van der Waals surface area (Å²) in [7, 11) is 3.94. The molecule has 8 nitrogen and oxygen atoms in total. The van der Waals surface area contributed by atoms with E-state index < -0.39 is 0 Å². The average molecular weight is 505 g/mol. The van der Waals surface area contributed by atoms with E-state index in [4.69, 9.17) is 23.2 Å². The lowest BCUT2D eigenvalue weighted by molar-refractivity contribution is -0.117. The molecule has 0 bridgehead atoms. The van der Waals surface area contributed by atoms with Gasteiger partial charge in [0, 0.05) is 42.5 Å². The van der Waals surface area contributed by atoms with Crippen LogP contribution in [0.2, 0.25) is 10.0 Å². The number of carbonyl (C=O) groups is 2. The Balaban J connectivity index is 1.42. The molecule has 1 saturated heterocycles. The first kappa shape index (κ1) is 24.7. The Bertz CT molecular complexity index is 1050. The molecule has 182 valence electrons. The highest BCUT2D eigenvalue weighted by atomic mass is 35.5. The maximum Gasteiger partial charge on any atom is 0.317 e. The number of hydrogen-bond donors (Lipinski definition) is 2. The SMILES string of the molecule is CC(NC(=O)N(C)C1CCN(C)CC1)c1ccc(-c2cnc(NC(=O)C3CC3)nc2)c(Cl)c1Cl. The van der Waals surface area contributed by atoms with Gasteiger partial charge in [0.25, 0.3) is 0 Å². The zero-order valence-electron chi connectivity index (χ0n) is 19.6. The number of aromatic nitrogens is 2. The van der Waals surface area contributed by atoms with Gasteiger partial charge in [0.1, 0.15) is 0 Å². The summed E-state index contributed by atoms with van der Waals surface area (Å²) in [5, 5.41) is 6.49. The number of piperidine rings is 1. The molecule has 3 amide bonds. The molecule has 1 atom stereocenters. The molecule has 1 saturated carbocycles. The average Bonchev–Trinajstić information content (AvgIpc) is 3.67. The summed E-state index contributed by atoms with van der Waals surface area (Å²) in [6.07, 6.45) is 6.96. The van der Waals surface area contributed by atoms with Gasteiger partial charge in [-0.15, -0.1) is 0 Å². The number of carbonyl (C=O) groups excluding carboxylic acids is 2. The molecule has 4 rings (SSSR count). The maximum atomic E-state index is 12.8. The van der Waals surface area contributed by atoms with Crippen molar-refractivity contribution < 1.29 is 9.59 Å².